The number of imide groups is 1. The summed E-state index contributed by atoms with van der Waals surface area (Å²) in [5, 5.41) is 4.34. The van der Waals surface area contributed by atoms with E-state index < -0.39 is 0 Å². The van der Waals surface area contributed by atoms with Gasteiger partial charge in [-0.3, -0.25) is 9.59 Å². The fourth-order valence-corrected chi connectivity index (χ4v) is 5.42. The van der Waals surface area contributed by atoms with Gasteiger partial charge in [-0.05, 0) is 30.8 Å². The third-order valence-electron chi connectivity index (χ3n) is 6.73. The Bertz CT molecular complexity index is 1570. The molecule has 1 unspecified atom stereocenters. The van der Waals surface area contributed by atoms with E-state index in [1.165, 1.54) is 11.0 Å². The molecule has 0 fully saturated rings. The van der Waals surface area contributed by atoms with Gasteiger partial charge in [-0.25, -0.2) is 9.89 Å². The summed E-state index contributed by atoms with van der Waals surface area (Å²) in [5.41, 5.74) is 4.83. The molecule has 0 saturated carbocycles. The summed E-state index contributed by atoms with van der Waals surface area (Å²) in [4.78, 5) is 32.7. The lowest BCUT2D eigenvalue weighted by atomic mass is 10.0. The maximum atomic E-state index is 13.8. The fraction of sp³-hybridized carbons (Fsp3) is 0.192. The lowest BCUT2D eigenvalue weighted by Gasteiger charge is -2.24. The van der Waals surface area contributed by atoms with E-state index in [1.54, 1.807) is 0 Å². The molecule has 162 valence electrons. The predicted octanol–water partition coefficient (Wildman–Crippen LogP) is 4.51. The monoisotopic (exact) mass is 452 g/mol. The van der Waals surface area contributed by atoms with E-state index in [2.05, 4.69) is 14.7 Å². The molecule has 2 amide bonds. The highest BCUT2D eigenvalue weighted by Crippen LogP contribution is 2.41. The molecule has 0 spiro atoms. The number of aromatic nitrogens is 2. The van der Waals surface area contributed by atoms with Crippen LogP contribution in [0.15, 0.2) is 65.8 Å². The Kier molecular flexibility index (Phi) is 4.43. The van der Waals surface area contributed by atoms with Crippen LogP contribution in [0, 0.1) is 0 Å². The first-order valence-corrected chi connectivity index (χ1v) is 11.3. The number of aryl methyl sites for hydroxylation is 2. The van der Waals surface area contributed by atoms with Crippen LogP contribution in [-0.2, 0) is 29.6 Å². The maximum Gasteiger partial charge on any atom is 0.266 e. The Balaban J connectivity index is 1.51. The number of fused-ring (bicyclic) bond motifs is 4. The topological polar surface area (TPSA) is 59.6 Å². The molecule has 6 nitrogen and oxygen atoms in total. The first-order valence-electron chi connectivity index (χ1n) is 10.9. The van der Waals surface area contributed by atoms with Crippen molar-refractivity contribution >= 4 is 62.3 Å². The summed E-state index contributed by atoms with van der Waals surface area (Å²) in [6.45, 7) is 0.751. The van der Waals surface area contributed by atoms with Gasteiger partial charge in [0.25, 0.3) is 11.8 Å². The Morgan fingerprint density at radius 2 is 1.76 bits per heavy atom. The first kappa shape index (κ1) is 19.9. The second kappa shape index (κ2) is 7.37. The average Bonchev–Trinajstić information content (AvgIpc) is 3.43. The highest BCUT2D eigenvalue weighted by atomic mass is 32.1. The highest BCUT2D eigenvalue weighted by Gasteiger charge is 2.39. The number of thiocarbonyl (C=S) groups is 1. The zero-order valence-electron chi connectivity index (χ0n) is 18.0. The number of hydrogen-bond donors (Lipinski definition) is 0. The number of isothiocyanates is 1. The third kappa shape index (κ3) is 2.86. The van der Waals surface area contributed by atoms with Crippen LogP contribution in [0.3, 0.4) is 0 Å². The number of para-hydroxylation sites is 2. The summed E-state index contributed by atoms with van der Waals surface area (Å²) >= 11 is 4.83. The van der Waals surface area contributed by atoms with Gasteiger partial charge in [0, 0.05) is 59.8 Å². The van der Waals surface area contributed by atoms with Gasteiger partial charge < -0.3 is 9.13 Å². The highest BCUT2D eigenvalue weighted by molar-refractivity contribution is 7.78. The molecule has 2 aromatic carbocycles. The Labute approximate surface area is 195 Å². The SMILES string of the molecule is Cn1cc(C2=CC(=O)N(c3c4n(c5ccccc35)CCC(N=C=S)C4)C2=O)c2ccccc21. The molecule has 33 heavy (non-hydrogen) atoms. The second-order valence-corrected chi connectivity index (χ2v) is 8.72. The summed E-state index contributed by atoms with van der Waals surface area (Å²) in [6.07, 6.45) is 4.84. The van der Waals surface area contributed by atoms with Gasteiger partial charge >= 0.3 is 0 Å². The molecule has 0 N–H and O–H groups in total. The summed E-state index contributed by atoms with van der Waals surface area (Å²) in [5.74, 6) is -0.612. The van der Waals surface area contributed by atoms with Crippen LogP contribution in [-0.4, -0.2) is 32.2 Å². The van der Waals surface area contributed by atoms with E-state index in [0.717, 1.165) is 46.0 Å². The molecule has 0 bridgehead atoms. The van der Waals surface area contributed by atoms with E-state index >= 15 is 0 Å². The van der Waals surface area contributed by atoms with Gasteiger partial charge in [0.15, 0.2) is 0 Å². The minimum atomic E-state index is -0.317. The molecule has 1 atom stereocenters. The lowest BCUT2D eigenvalue weighted by Crippen LogP contribution is -2.33. The minimum absolute atomic E-state index is 0.00336. The number of aliphatic imine (C=N–C) groups is 1. The van der Waals surface area contributed by atoms with Crippen molar-refractivity contribution in [2.75, 3.05) is 4.90 Å². The van der Waals surface area contributed by atoms with Crippen LogP contribution in [0.4, 0.5) is 5.69 Å². The summed E-state index contributed by atoms with van der Waals surface area (Å²) < 4.78 is 4.19. The second-order valence-electron chi connectivity index (χ2n) is 8.54. The van der Waals surface area contributed by atoms with Crippen LogP contribution in [0.2, 0.25) is 0 Å². The zero-order chi connectivity index (χ0) is 22.7. The lowest BCUT2D eigenvalue weighted by molar-refractivity contribution is -0.119. The Morgan fingerprint density at radius 3 is 2.55 bits per heavy atom. The standard InChI is InChI=1S/C26H20N4O2S/c1-28-14-20(17-6-2-4-8-21(17)28)19-13-24(31)30(26(19)32)25-18-7-3-5-9-22(18)29-11-10-16(27-15-33)12-23(25)29/h2-9,13-14,16H,10-12H2,1H3. The molecule has 0 aliphatic carbocycles. The number of anilines is 1. The Hall–Kier alpha value is -3.80. The normalized spacial score (nSPS) is 18.0. The van der Waals surface area contributed by atoms with Gasteiger partial charge in [-0.2, -0.15) is 0 Å². The largest absolute Gasteiger partial charge is 0.350 e. The maximum absolute atomic E-state index is 13.8. The van der Waals surface area contributed by atoms with Gasteiger partial charge in [0.2, 0.25) is 0 Å². The van der Waals surface area contributed by atoms with Crippen LogP contribution < -0.4 is 4.90 Å². The van der Waals surface area contributed by atoms with Crippen molar-refractivity contribution in [3.63, 3.8) is 0 Å². The molecule has 0 radical (unpaired) electrons. The summed E-state index contributed by atoms with van der Waals surface area (Å²) in [6, 6.07) is 15.8. The summed E-state index contributed by atoms with van der Waals surface area (Å²) in [7, 11) is 1.94. The molecular weight excluding hydrogens is 432 g/mol. The molecule has 2 aliphatic heterocycles. The number of rotatable bonds is 3. The van der Waals surface area contributed by atoms with Crippen molar-refractivity contribution in [3.05, 3.63) is 72.1 Å². The zero-order valence-corrected chi connectivity index (χ0v) is 18.8. The van der Waals surface area contributed by atoms with E-state index in [-0.39, 0.29) is 17.9 Å². The van der Waals surface area contributed by atoms with Gasteiger partial charge in [0.05, 0.1) is 28.0 Å². The van der Waals surface area contributed by atoms with Gasteiger partial charge in [-0.1, -0.05) is 36.4 Å². The molecule has 2 aromatic heterocycles. The fourth-order valence-electron chi connectivity index (χ4n) is 5.27. The van der Waals surface area contributed by atoms with E-state index in [9.17, 15) is 9.59 Å². The van der Waals surface area contributed by atoms with E-state index in [0.29, 0.717) is 17.7 Å². The molecule has 4 heterocycles. The molecule has 4 aromatic rings. The number of nitrogens with zero attached hydrogens (tertiary/aromatic N) is 4. The van der Waals surface area contributed by atoms with E-state index in [1.807, 2.05) is 66.3 Å². The van der Waals surface area contributed by atoms with Crippen molar-refractivity contribution < 1.29 is 9.59 Å². The number of amides is 2. The van der Waals surface area contributed by atoms with Crippen molar-refractivity contribution in [3.8, 4) is 0 Å². The van der Waals surface area contributed by atoms with Gasteiger partial charge in [0.1, 0.15) is 0 Å². The molecular formula is C26H20N4O2S. The Morgan fingerprint density at radius 1 is 1.03 bits per heavy atom. The van der Waals surface area contributed by atoms with Crippen LogP contribution in [0.1, 0.15) is 17.7 Å². The molecule has 2 aliphatic rings. The van der Waals surface area contributed by atoms with Crippen LogP contribution >= 0.6 is 12.2 Å². The van der Waals surface area contributed by atoms with Crippen molar-refractivity contribution in [2.24, 2.45) is 12.0 Å². The molecule has 6 rings (SSSR count). The average molecular weight is 453 g/mol. The number of hydrogen-bond acceptors (Lipinski definition) is 4. The molecule has 7 heteroatoms. The third-order valence-corrected chi connectivity index (χ3v) is 6.84. The van der Waals surface area contributed by atoms with Crippen molar-refractivity contribution in [2.45, 2.75) is 25.4 Å². The van der Waals surface area contributed by atoms with E-state index in [4.69, 9.17) is 12.2 Å². The number of benzene rings is 2. The van der Waals surface area contributed by atoms with Crippen LogP contribution in [0.25, 0.3) is 27.4 Å². The van der Waals surface area contributed by atoms with Crippen LogP contribution in [0.5, 0.6) is 0 Å². The predicted molar refractivity (Wildman–Crippen MR) is 132 cm³/mol. The smallest absolute Gasteiger partial charge is 0.266 e. The van der Waals surface area contributed by atoms with Crippen molar-refractivity contribution in [1.29, 1.82) is 0 Å². The van der Waals surface area contributed by atoms with Crippen molar-refractivity contribution in [1.82, 2.24) is 9.13 Å². The molecule has 0 saturated heterocycles. The minimum Gasteiger partial charge on any atom is -0.350 e. The quantitative estimate of drug-likeness (QED) is 0.261. The first-order chi connectivity index (χ1) is 16.1. The number of carbonyl (C=O) groups is 2. The van der Waals surface area contributed by atoms with Gasteiger partial charge in [-0.15, -0.1) is 0 Å². The number of carbonyl (C=O) groups excluding carboxylic acids is 2.